The maximum absolute atomic E-state index is 13.0. The summed E-state index contributed by atoms with van der Waals surface area (Å²) in [5.41, 5.74) is 0.642. The van der Waals surface area contributed by atoms with Crippen molar-refractivity contribution < 1.29 is 27.8 Å². The predicted octanol–water partition coefficient (Wildman–Crippen LogP) is 5.79. The number of rotatable bonds is 12. The molecule has 0 bridgehead atoms. The van der Waals surface area contributed by atoms with Gasteiger partial charge in [-0.1, -0.05) is 19.1 Å². The number of carboxylic acids is 1. The van der Waals surface area contributed by atoms with Gasteiger partial charge in [0.15, 0.2) is 0 Å². The van der Waals surface area contributed by atoms with E-state index in [0.717, 1.165) is 50.0 Å². The largest absolute Gasteiger partial charge is 0.492 e. The molecule has 12 heteroatoms. The van der Waals surface area contributed by atoms with Crippen LogP contribution >= 0.6 is 0 Å². The molecule has 1 atom stereocenters. The molecule has 0 amide bonds. The Morgan fingerprint density at radius 2 is 1.73 bits per heavy atom. The molecule has 9 nitrogen and oxygen atoms in total. The first-order chi connectivity index (χ1) is 19.6. The van der Waals surface area contributed by atoms with Gasteiger partial charge in [0, 0.05) is 25.8 Å². The summed E-state index contributed by atoms with van der Waals surface area (Å²) in [7, 11) is 1.83. The minimum Gasteiger partial charge on any atom is -0.492 e. The zero-order chi connectivity index (χ0) is 29.4. The van der Waals surface area contributed by atoms with Crippen LogP contribution < -0.4 is 19.9 Å². The van der Waals surface area contributed by atoms with E-state index in [-0.39, 0.29) is 5.95 Å². The van der Waals surface area contributed by atoms with E-state index in [1.807, 2.05) is 43.1 Å². The first kappa shape index (κ1) is 29.9. The van der Waals surface area contributed by atoms with Gasteiger partial charge in [-0.05, 0) is 74.1 Å². The van der Waals surface area contributed by atoms with Gasteiger partial charge in [-0.3, -0.25) is 4.79 Å². The molecule has 1 aliphatic rings. The number of piperidine rings is 1. The van der Waals surface area contributed by atoms with Crippen LogP contribution in [0, 0.1) is 5.92 Å². The highest BCUT2D eigenvalue weighted by atomic mass is 19.4. The number of hydrogen-bond donors (Lipinski definition) is 2. The number of nitrogens with one attached hydrogen (secondary N) is 1. The maximum atomic E-state index is 13.0. The van der Waals surface area contributed by atoms with Gasteiger partial charge < -0.3 is 25.0 Å². The molecule has 1 aromatic heterocycles. The van der Waals surface area contributed by atoms with Crippen LogP contribution in [0.2, 0.25) is 0 Å². The zero-order valence-corrected chi connectivity index (χ0v) is 23.2. The Bertz CT molecular complexity index is 1280. The second-order valence-electron chi connectivity index (χ2n) is 10.1. The van der Waals surface area contributed by atoms with Crippen LogP contribution in [0.15, 0.2) is 48.5 Å². The maximum Gasteiger partial charge on any atom is 0.416 e. The van der Waals surface area contributed by atoms with E-state index >= 15 is 0 Å². The lowest BCUT2D eigenvalue weighted by molar-refractivity contribution is -0.141. The van der Waals surface area contributed by atoms with E-state index in [4.69, 9.17) is 4.74 Å². The second-order valence-corrected chi connectivity index (χ2v) is 10.1. The van der Waals surface area contributed by atoms with Crippen molar-refractivity contribution in [2.45, 2.75) is 45.2 Å². The Morgan fingerprint density at radius 1 is 1.05 bits per heavy atom. The van der Waals surface area contributed by atoms with Crippen molar-refractivity contribution in [3.8, 4) is 5.75 Å². The summed E-state index contributed by atoms with van der Waals surface area (Å²) < 4.78 is 44.8. The summed E-state index contributed by atoms with van der Waals surface area (Å²) in [5.74, 6) is 0.622. The van der Waals surface area contributed by atoms with Crippen LogP contribution in [-0.4, -0.2) is 59.3 Å². The number of likely N-dealkylation sites (N-methyl/N-ethyl adjacent to an activating group) is 1. The number of hydrogen-bond acceptors (Lipinski definition) is 8. The van der Waals surface area contributed by atoms with Crippen molar-refractivity contribution in [3.05, 3.63) is 59.7 Å². The molecule has 41 heavy (non-hydrogen) atoms. The van der Waals surface area contributed by atoms with Crippen LogP contribution in [0.3, 0.4) is 0 Å². The highest BCUT2D eigenvalue weighted by molar-refractivity contribution is 5.70. The molecule has 4 rings (SSSR count). The topological polar surface area (TPSA) is 104 Å². The number of aliphatic carboxylic acids is 1. The van der Waals surface area contributed by atoms with Crippen molar-refractivity contribution in [3.63, 3.8) is 0 Å². The zero-order valence-electron chi connectivity index (χ0n) is 23.2. The van der Waals surface area contributed by atoms with Crippen LogP contribution in [0.4, 0.5) is 36.7 Å². The minimum atomic E-state index is -4.41. The van der Waals surface area contributed by atoms with Gasteiger partial charge in [0.05, 0.1) is 18.0 Å². The van der Waals surface area contributed by atoms with E-state index in [1.54, 1.807) is 0 Å². The Morgan fingerprint density at radius 3 is 2.34 bits per heavy atom. The van der Waals surface area contributed by atoms with Gasteiger partial charge in [-0.25, -0.2) is 0 Å². The first-order valence-corrected chi connectivity index (χ1v) is 13.7. The van der Waals surface area contributed by atoms with Crippen LogP contribution in [0.5, 0.6) is 5.75 Å². The van der Waals surface area contributed by atoms with E-state index in [0.29, 0.717) is 49.3 Å². The van der Waals surface area contributed by atoms with Gasteiger partial charge in [-0.2, -0.15) is 28.1 Å². The van der Waals surface area contributed by atoms with Crippen molar-refractivity contribution in [1.82, 2.24) is 15.0 Å². The molecule has 2 heterocycles. The lowest BCUT2D eigenvalue weighted by Crippen LogP contribution is -2.32. The number of carboxylic acid groups (broad SMARTS) is 1. The Labute approximate surface area is 237 Å². The Balaban J connectivity index is 1.42. The third-order valence-corrected chi connectivity index (χ3v) is 7.00. The Kier molecular flexibility index (Phi) is 9.85. The molecule has 0 aliphatic carbocycles. The monoisotopic (exact) mass is 572 g/mol. The summed E-state index contributed by atoms with van der Waals surface area (Å²) in [5, 5.41) is 12.3. The molecule has 1 saturated heterocycles. The quantitative estimate of drug-likeness (QED) is 0.279. The molecule has 3 aromatic rings. The smallest absolute Gasteiger partial charge is 0.416 e. The van der Waals surface area contributed by atoms with E-state index in [2.05, 4.69) is 25.2 Å². The number of aromatic nitrogens is 3. The summed E-state index contributed by atoms with van der Waals surface area (Å²) in [4.78, 5) is 29.0. The molecule has 220 valence electrons. The van der Waals surface area contributed by atoms with Gasteiger partial charge in [0.1, 0.15) is 12.4 Å². The minimum absolute atomic E-state index is 0.241. The fourth-order valence-corrected chi connectivity index (χ4v) is 4.50. The Hall–Kier alpha value is -4.09. The van der Waals surface area contributed by atoms with Crippen molar-refractivity contribution in [1.29, 1.82) is 0 Å². The van der Waals surface area contributed by atoms with Gasteiger partial charge in [-0.15, -0.1) is 0 Å². The highest BCUT2D eigenvalue weighted by Gasteiger charge is 2.30. The fourth-order valence-electron chi connectivity index (χ4n) is 4.50. The van der Waals surface area contributed by atoms with E-state index < -0.39 is 23.6 Å². The third kappa shape index (κ3) is 8.45. The number of nitrogens with zero attached hydrogens (tertiary/aromatic N) is 5. The first-order valence-electron chi connectivity index (χ1n) is 13.7. The molecule has 2 aromatic carbocycles. The molecule has 2 N–H and O–H groups in total. The van der Waals surface area contributed by atoms with Crippen LogP contribution in [-0.2, 0) is 17.4 Å². The molecule has 0 saturated carbocycles. The standard InChI is InChI=1S/C29H35F3N6O3/c1-3-21(25(39)40)19-20-7-13-24(14-8-20)41-18-17-37(2)27-34-26(35-28(36-27)38-15-5-4-6-16-38)33-23-11-9-22(10-12-23)29(30,31)32/h7-14,21H,3-6,15-19H2,1-2H3,(H,39,40)(H,33,34,35,36). The average Bonchev–Trinajstić information content (AvgIpc) is 2.96. The number of anilines is 4. The number of benzene rings is 2. The highest BCUT2D eigenvalue weighted by Crippen LogP contribution is 2.30. The number of carbonyl (C=O) groups is 1. The van der Waals surface area contributed by atoms with Crippen molar-refractivity contribution in [2.75, 3.05) is 48.4 Å². The summed E-state index contributed by atoms with van der Waals surface area (Å²) >= 11 is 0. The molecule has 1 aliphatic heterocycles. The fraction of sp³-hybridized carbons (Fsp3) is 0.448. The van der Waals surface area contributed by atoms with E-state index in [9.17, 15) is 23.1 Å². The van der Waals surface area contributed by atoms with Crippen LogP contribution in [0.25, 0.3) is 0 Å². The lowest BCUT2D eigenvalue weighted by Gasteiger charge is -2.28. The van der Waals surface area contributed by atoms with Gasteiger partial charge >= 0.3 is 12.1 Å². The number of alkyl halides is 3. The normalized spacial score (nSPS) is 14.4. The SMILES string of the molecule is CCC(Cc1ccc(OCCN(C)c2nc(Nc3ccc(C(F)(F)F)cc3)nc(N3CCCCC3)n2)cc1)C(=O)O. The van der Waals surface area contributed by atoms with E-state index in [1.165, 1.54) is 12.1 Å². The summed E-state index contributed by atoms with van der Waals surface area (Å²) in [6.07, 6.45) is -0.177. The molecule has 0 radical (unpaired) electrons. The lowest BCUT2D eigenvalue weighted by atomic mass is 9.97. The molecule has 0 spiro atoms. The molecular formula is C29H35F3N6O3. The second kappa shape index (κ2) is 13.5. The van der Waals surface area contributed by atoms with Crippen molar-refractivity contribution in [2.24, 2.45) is 5.92 Å². The number of halogens is 3. The third-order valence-electron chi connectivity index (χ3n) is 7.00. The number of ether oxygens (including phenoxy) is 1. The van der Waals surface area contributed by atoms with Crippen molar-refractivity contribution >= 4 is 29.5 Å². The van der Waals surface area contributed by atoms with Crippen LogP contribution in [0.1, 0.15) is 43.7 Å². The summed E-state index contributed by atoms with van der Waals surface area (Å²) in [6.45, 7) is 4.30. The predicted molar refractivity (Wildman–Crippen MR) is 151 cm³/mol. The van der Waals surface area contributed by atoms with Gasteiger partial charge in [0.2, 0.25) is 17.8 Å². The molecule has 1 fully saturated rings. The summed E-state index contributed by atoms with van der Waals surface area (Å²) in [6, 6.07) is 12.1. The van der Waals surface area contributed by atoms with Gasteiger partial charge in [0.25, 0.3) is 0 Å². The molecular weight excluding hydrogens is 537 g/mol. The molecule has 1 unspecified atom stereocenters. The average molecular weight is 573 g/mol.